The Balaban J connectivity index is 1.72. The molecule has 0 saturated carbocycles. The van der Waals surface area contributed by atoms with Crippen LogP contribution in [-0.4, -0.2) is 54.5 Å². The predicted molar refractivity (Wildman–Crippen MR) is 90.7 cm³/mol. The molecule has 0 spiro atoms. The SMILES string of the molecule is CCC(N)C(=O)N1CCCN(CCCc2ccccc2)CC1. The first-order chi connectivity index (χ1) is 10.7. The average Bonchev–Trinajstić information content (AvgIpc) is 2.80. The molecule has 1 aromatic carbocycles. The first-order valence-electron chi connectivity index (χ1n) is 8.51. The van der Waals surface area contributed by atoms with Gasteiger partial charge in [0, 0.05) is 19.6 Å². The van der Waals surface area contributed by atoms with Gasteiger partial charge in [-0.05, 0) is 44.3 Å². The zero-order chi connectivity index (χ0) is 15.8. The first kappa shape index (κ1) is 17.0. The summed E-state index contributed by atoms with van der Waals surface area (Å²) in [6, 6.07) is 10.3. The molecular formula is C18H29N3O. The third kappa shape index (κ3) is 5.11. The summed E-state index contributed by atoms with van der Waals surface area (Å²) >= 11 is 0. The number of benzene rings is 1. The van der Waals surface area contributed by atoms with Gasteiger partial charge in [-0.15, -0.1) is 0 Å². The molecule has 0 aromatic heterocycles. The standard InChI is InChI=1S/C18H29N3O/c1-2-17(19)18(22)21-13-7-12-20(14-15-21)11-6-10-16-8-4-3-5-9-16/h3-5,8-9,17H,2,6-7,10-15,19H2,1H3. The molecule has 1 amide bonds. The van der Waals surface area contributed by atoms with E-state index in [-0.39, 0.29) is 11.9 Å². The second kappa shape index (κ2) is 8.91. The van der Waals surface area contributed by atoms with Crippen LogP contribution in [0.5, 0.6) is 0 Å². The number of carbonyl (C=O) groups is 1. The van der Waals surface area contributed by atoms with Crippen LogP contribution in [0.3, 0.4) is 0 Å². The Hall–Kier alpha value is -1.39. The van der Waals surface area contributed by atoms with Crippen LogP contribution in [0.1, 0.15) is 31.7 Å². The molecule has 1 aromatic rings. The number of hydrogen-bond acceptors (Lipinski definition) is 3. The van der Waals surface area contributed by atoms with Crippen LogP contribution in [-0.2, 0) is 11.2 Å². The maximum Gasteiger partial charge on any atom is 0.239 e. The predicted octanol–water partition coefficient (Wildman–Crippen LogP) is 1.89. The smallest absolute Gasteiger partial charge is 0.239 e. The van der Waals surface area contributed by atoms with Crippen molar-refractivity contribution in [2.45, 2.75) is 38.6 Å². The Morgan fingerprint density at radius 2 is 1.95 bits per heavy atom. The van der Waals surface area contributed by atoms with Crippen LogP contribution >= 0.6 is 0 Å². The van der Waals surface area contributed by atoms with E-state index < -0.39 is 0 Å². The molecule has 2 N–H and O–H groups in total. The molecule has 1 atom stereocenters. The van der Waals surface area contributed by atoms with E-state index in [2.05, 4.69) is 35.2 Å². The van der Waals surface area contributed by atoms with Gasteiger partial charge in [0.05, 0.1) is 6.04 Å². The molecule has 1 aliphatic rings. The Morgan fingerprint density at radius 1 is 1.18 bits per heavy atom. The lowest BCUT2D eigenvalue weighted by Crippen LogP contribution is -2.45. The van der Waals surface area contributed by atoms with Gasteiger partial charge in [-0.25, -0.2) is 0 Å². The van der Waals surface area contributed by atoms with E-state index in [4.69, 9.17) is 5.73 Å². The monoisotopic (exact) mass is 303 g/mol. The van der Waals surface area contributed by atoms with Gasteiger partial charge in [-0.1, -0.05) is 37.3 Å². The Bertz CT molecular complexity index is 449. The zero-order valence-electron chi connectivity index (χ0n) is 13.7. The van der Waals surface area contributed by atoms with Gasteiger partial charge >= 0.3 is 0 Å². The van der Waals surface area contributed by atoms with Crippen LogP contribution in [0.2, 0.25) is 0 Å². The molecule has 1 saturated heterocycles. The summed E-state index contributed by atoms with van der Waals surface area (Å²) in [5.74, 6) is 0.119. The molecule has 122 valence electrons. The largest absolute Gasteiger partial charge is 0.340 e. The minimum absolute atomic E-state index is 0.119. The summed E-state index contributed by atoms with van der Waals surface area (Å²) < 4.78 is 0. The maximum absolute atomic E-state index is 12.2. The number of carbonyl (C=O) groups excluding carboxylic acids is 1. The number of aryl methyl sites for hydroxylation is 1. The molecule has 1 unspecified atom stereocenters. The lowest BCUT2D eigenvalue weighted by molar-refractivity contribution is -0.132. The Morgan fingerprint density at radius 3 is 2.68 bits per heavy atom. The van der Waals surface area contributed by atoms with Gasteiger partial charge in [-0.2, -0.15) is 0 Å². The maximum atomic E-state index is 12.2. The summed E-state index contributed by atoms with van der Waals surface area (Å²) in [4.78, 5) is 16.6. The third-order valence-corrected chi connectivity index (χ3v) is 4.44. The number of rotatable bonds is 6. The lowest BCUT2D eigenvalue weighted by Gasteiger charge is -2.24. The van der Waals surface area contributed by atoms with Gasteiger partial charge in [0.1, 0.15) is 0 Å². The molecule has 0 aliphatic carbocycles. The van der Waals surface area contributed by atoms with Crippen molar-refractivity contribution in [1.82, 2.24) is 9.80 Å². The van der Waals surface area contributed by atoms with Crippen LogP contribution in [0.15, 0.2) is 30.3 Å². The molecule has 1 fully saturated rings. The van der Waals surface area contributed by atoms with Crippen molar-refractivity contribution >= 4 is 5.91 Å². The zero-order valence-corrected chi connectivity index (χ0v) is 13.7. The van der Waals surface area contributed by atoms with Crippen molar-refractivity contribution in [3.63, 3.8) is 0 Å². The fourth-order valence-corrected chi connectivity index (χ4v) is 2.98. The average molecular weight is 303 g/mol. The minimum Gasteiger partial charge on any atom is -0.340 e. The molecule has 1 heterocycles. The van der Waals surface area contributed by atoms with Crippen molar-refractivity contribution in [3.8, 4) is 0 Å². The van der Waals surface area contributed by atoms with Gasteiger partial charge in [0.25, 0.3) is 0 Å². The molecule has 22 heavy (non-hydrogen) atoms. The van der Waals surface area contributed by atoms with E-state index in [1.165, 1.54) is 12.0 Å². The van der Waals surface area contributed by atoms with E-state index in [1.54, 1.807) is 0 Å². The van der Waals surface area contributed by atoms with Gasteiger partial charge < -0.3 is 15.5 Å². The highest BCUT2D eigenvalue weighted by Crippen LogP contribution is 2.08. The molecule has 4 nitrogen and oxygen atoms in total. The molecular weight excluding hydrogens is 274 g/mol. The van der Waals surface area contributed by atoms with Crippen molar-refractivity contribution in [2.75, 3.05) is 32.7 Å². The lowest BCUT2D eigenvalue weighted by atomic mass is 10.1. The van der Waals surface area contributed by atoms with E-state index in [1.807, 2.05) is 11.8 Å². The summed E-state index contributed by atoms with van der Waals surface area (Å²) in [6.45, 7) is 6.80. The highest BCUT2D eigenvalue weighted by molar-refractivity contribution is 5.81. The van der Waals surface area contributed by atoms with Crippen molar-refractivity contribution in [1.29, 1.82) is 0 Å². The Labute approximate surface area is 134 Å². The fourth-order valence-electron chi connectivity index (χ4n) is 2.98. The number of nitrogens with two attached hydrogens (primary N) is 1. The van der Waals surface area contributed by atoms with Crippen LogP contribution in [0.4, 0.5) is 0 Å². The fraction of sp³-hybridized carbons (Fsp3) is 0.611. The highest BCUT2D eigenvalue weighted by Gasteiger charge is 2.22. The van der Waals surface area contributed by atoms with Crippen molar-refractivity contribution in [2.24, 2.45) is 5.73 Å². The van der Waals surface area contributed by atoms with E-state index in [0.29, 0.717) is 0 Å². The van der Waals surface area contributed by atoms with Crippen LogP contribution < -0.4 is 5.73 Å². The van der Waals surface area contributed by atoms with E-state index in [9.17, 15) is 4.79 Å². The van der Waals surface area contributed by atoms with E-state index in [0.717, 1.165) is 52.0 Å². The summed E-state index contributed by atoms with van der Waals surface area (Å²) in [7, 11) is 0. The summed E-state index contributed by atoms with van der Waals surface area (Å²) in [5, 5.41) is 0. The van der Waals surface area contributed by atoms with Crippen LogP contribution in [0.25, 0.3) is 0 Å². The first-order valence-corrected chi connectivity index (χ1v) is 8.51. The molecule has 0 bridgehead atoms. The molecule has 0 radical (unpaired) electrons. The van der Waals surface area contributed by atoms with Crippen LogP contribution in [0, 0.1) is 0 Å². The second-order valence-corrected chi connectivity index (χ2v) is 6.12. The quantitative estimate of drug-likeness (QED) is 0.873. The topological polar surface area (TPSA) is 49.6 Å². The molecule has 1 aliphatic heterocycles. The Kier molecular flexibility index (Phi) is 6.87. The number of amides is 1. The van der Waals surface area contributed by atoms with Crippen molar-refractivity contribution in [3.05, 3.63) is 35.9 Å². The number of hydrogen-bond donors (Lipinski definition) is 1. The second-order valence-electron chi connectivity index (χ2n) is 6.12. The number of nitrogens with zero attached hydrogens (tertiary/aromatic N) is 2. The molecule has 4 heteroatoms. The summed E-state index contributed by atoms with van der Waals surface area (Å²) in [6.07, 6.45) is 4.07. The minimum atomic E-state index is -0.329. The van der Waals surface area contributed by atoms with Gasteiger partial charge in [0.15, 0.2) is 0 Å². The highest BCUT2D eigenvalue weighted by atomic mass is 16.2. The molecule has 2 rings (SSSR count). The van der Waals surface area contributed by atoms with Crippen molar-refractivity contribution < 1.29 is 4.79 Å². The normalized spacial score (nSPS) is 18.0. The summed E-state index contributed by atoms with van der Waals surface area (Å²) in [5.41, 5.74) is 7.28. The van der Waals surface area contributed by atoms with Gasteiger partial charge in [0.2, 0.25) is 5.91 Å². The van der Waals surface area contributed by atoms with E-state index >= 15 is 0 Å². The van der Waals surface area contributed by atoms with Gasteiger partial charge in [-0.3, -0.25) is 4.79 Å². The third-order valence-electron chi connectivity index (χ3n) is 4.44.